The molecule has 0 atom stereocenters. The Morgan fingerprint density at radius 3 is 2.42 bits per heavy atom. The highest BCUT2D eigenvalue weighted by atomic mass is 19.4. The number of hydrogen-bond donors (Lipinski definition) is 4. The molecule has 0 radical (unpaired) electrons. The summed E-state index contributed by atoms with van der Waals surface area (Å²) in [4.78, 5) is 0. The van der Waals surface area contributed by atoms with Crippen molar-refractivity contribution in [3.05, 3.63) is 17.7 Å². The van der Waals surface area contributed by atoms with Gasteiger partial charge >= 0.3 is 6.18 Å². The Kier molecular flexibility index (Phi) is 5.25. The van der Waals surface area contributed by atoms with Crippen molar-refractivity contribution in [1.82, 2.24) is 5.32 Å². The molecule has 0 saturated carbocycles. The van der Waals surface area contributed by atoms with Gasteiger partial charge in [-0.15, -0.1) is 0 Å². The molecule has 0 bridgehead atoms. The average molecular weight is 281 g/mol. The summed E-state index contributed by atoms with van der Waals surface area (Å²) in [6, 6.07) is 2.58. The number of ether oxygens (including phenoxy) is 1. The van der Waals surface area contributed by atoms with Gasteiger partial charge in [-0.05, 0) is 6.07 Å². The molecule has 8 heteroatoms. The minimum atomic E-state index is -4.35. The van der Waals surface area contributed by atoms with Crippen LogP contribution in [0.25, 0.3) is 0 Å². The summed E-state index contributed by atoms with van der Waals surface area (Å²) in [6.45, 7) is -1.17. The van der Waals surface area contributed by atoms with Crippen molar-refractivity contribution in [3.63, 3.8) is 0 Å². The summed E-state index contributed by atoms with van der Waals surface area (Å²) >= 11 is 0. The zero-order valence-corrected chi connectivity index (χ0v) is 9.87. The van der Waals surface area contributed by atoms with E-state index in [-0.39, 0.29) is 19.7 Å². The van der Waals surface area contributed by atoms with Gasteiger partial charge in [-0.1, -0.05) is 6.07 Å². The van der Waals surface area contributed by atoms with Crippen molar-refractivity contribution >= 4 is 0 Å². The van der Waals surface area contributed by atoms with Crippen molar-refractivity contribution in [3.8, 4) is 17.2 Å². The van der Waals surface area contributed by atoms with Gasteiger partial charge in [-0.2, -0.15) is 13.2 Å². The molecular formula is C11H14F3NO4. The van der Waals surface area contributed by atoms with Crippen molar-refractivity contribution in [2.75, 3.05) is 19.8 Å². The van der Waals surface area contributed by atoms with Gasteiger partial charge in [0, 0.05) is 18.7 Å². The van der Waals surface area contributed by atoms with Gasteiger partial charge in [0.25, 0.3) is 0 Å². The molecule has 1 aromatic carbocycles. The monoisotopic (exact) mass is 281 g/mol. The fourth-order valence-electron chi connectivity index (χ4n) is 1.31. The molecule has 0 heterocycles. The zero-order chi connectivity index (χ0) is 14.5. The highest BCUT2D eigenvalue weighted by molar-refractivity contribution is 5.52. The summed E-state index contributed by atoms with van der Waals surface area (Å²) in [5, 5.41) is 30.5. The van der Waals surface area contributed by atoms with Crippen LogP contribution < -0.4 is 5.32 Å². The third kappa shape index (κ3) is 5.23. The van der Waals surface area contributed by atoms with Gasteiger partial charge in [-0.25, -0.2) is 0 Å². The van der Waals surface area contributed by atoms with E-state index in [1.54, 1.807) is 0 Å². The predicted molar refractivity (Wildman–Crippen MR) is 60.0 cm³/mol. The van der Waals surface area contributed by atoms with E-state index in [1.807, 2.05) is 0 Å². The van der Waals surface area contributed by atoms with Gasteiger partial charge in [0.1, 0.15) is 6.61 Å². The number of halogens is 3. The Morgan fingerprint density at radius 2 is 1.79 bits per heavy atom. The number of phenolic OH excluding ortho intramolecular Hbond substituents is 3. The van der Waals surface area contributed by atoms with Gasteiger partial charge in [0.15, 0.2) is 11.5 Å². The third-order valence-corrected chi connectivity index (χ3v) is 2.22. The van der Waals surface area contributed by atoms with Gasteiger partial charge in [0.05, 0.1) is 6.61 Å². The summed E-state index contributed by atoms with van der Waals surface area (Å²) in [5.74, 6) is -1.55. The fraction of sp³-hybridized carbons (Fsp3) is 0.455. The van der Waals surface area contributed by atoms with Crippen LogP contribution in [0.15, 0.2) is 12.1 Å². The number of rotatable bonds is 6. The SMILES string of the molecule is Oc1ccc(CNCCOCC(F)(F)F)c(O)c1O. The van der Waals surface area contributed by atoms with E-state index in [9.17, 15) is 23.4 Å². The number of benzene rings is 1. The molecule has 4 N–H and O–H groups in total. The molecule has 0 aromatic heterocycles. The standard InChI is InChI=1S/C11H14F3NO4/c12-11(13,14)6-19-4-3-15-5-7-1-2-8(16)10(18)9(7)17/h1-2,15-18H,3-6H2. The van der Waals surface area contributed by atoms with Gasteiger partial charge in [0.2, 0.25) is 5.75 Å². The first-order valence-corrected chi connectivity index (χ1v) is 5.39. The van der Waals surface area contributed by atoms with Gasteiger partial charge in [-0.3, -0.25) is 0 Å². The predicted octanol–water partition coefficient (Wildman–Crippen LogP) is 1.47. The average Bonchev–Trinajstić information content (AvgIpc) is 2.32. The second-order valence-corrected chi connectivity index (χ2v) is 3.79. The Hall–Kier alpha value is -1.67. The smallest absolute Gasteiger partial charge is 0.411 e. The molecule has 108 valence electrons. The fourth-order valence-corrected chi connectivity index (χ4v) is 1.31. The lowest BCUT2D eigenvalue weighted by atomic mass is 10.1. The lowest BCUT2D eigenvalue weighted by Crippen LogP contribution is -2.23. The number of alkyl halides is 3. The van der Waals surface area contributed by atoms with Crippen LogP contribution in [0.1, 0.15) is 5.56 Å². The van der Waals surface area contributed by atoms with E-state index < -0.39 is 30.0 Å². The highest BCUT2D eigenvalue weighted by Crippen LogP contribution is 2.36. The second-order valence-electron chi connectivity index (χ2n) is 3.79. The van der Waals surface area contributed by atoms with E-state index in [2.05, 4.69) is 10.1 Å². The number of phenols is 3. The number of nitrogens with one attached hydrogen (secondary N) is 1. The molecule has 0 aliphatic heterocycles. The maximum absolute atomic E-state index is 11.7. The highest BCUT2D eigenvalue weighted by Gasteiger charge is 2.27. The van der Waals surface area contributed by atoms with Crippen LogP contribution in [0, 0.1) is 0 Å². The maximum Gasteiger partial charge on any atom is 0.411 e. The first-order chi connectivity index (χ1) is 8.81. The topological polar surface area (TPSA) is 82.0 Å². The Labute approximate surface area is 107 Å². The van der Waals surface area contributed by atoms with E-state index in [0.717, 1.165) is 0 Å². The molecule has 0 aliphatic carbocycles. The minimum Gasteiger partial charge on any atom is -0.504 e. The van der Waals surface area contributed by atoms with Crippen molar-refractivity contribution in [1.29, 1.82) is 0 Å². The molecule has 0 aliphatic rings. The molecule has 1 aromatic rings. The molecule has 1 rings (SSSR count). The van der Waals surface area contributed by atoms with E-state index in [4.69, 9.17) is 5.11 Å². The molecule has 19 heavy (non-hydrogen) atoms. The summed E-state index contributed by atoms with van der Waals surface area (Å²) < 4.78 is 39.6. The molecule has 0 fully saturated rings. The minimum absolute atomic E-state index is 0.120. The molecule has 0 unspecified atom stereocenters. The molecular weight excluding hydrogens is 267 g/mol. The quantitative estimate of drug-likeness (QED) is 0.469. The second kappa shape index (κ2) is 6.48. The lowest BCUT2D eigenvalue weighted by Gasteiger charge is -2.10. The molecule has 0 saturated heterocycles. The molecule has 5 nitrogen and oxygen atoms in total. The van der Waals surface area contributed by atoms with E-state index in [0.29, 0.717) is 5.56 Å². The normalized spacial score (nSPS) is 11.7. The first kappa shape index (κ1) is 15.4. The van der Waals surface area contributed by atoms with E-state index in [1.165, 1.54) is 12.1 Å². The summed E-state index contributed by atoms with van der Waals surface area (Å²) in [7, 11) is 0. The lowest BCUT2D eigenvalue weighted by molar-refractivity contribution is -0.173. The van der Waals surface area contributed by atoms with Crippen LogP contribution >= 0.6 is 0 Å². The Balaban J connectivity index is 2.29. The van der Waals surface area contributed by atoms with Crippen LogP contribution in [0.3, 0.4) is 0 Å². The van der Waals surface area contributed by atoms with Crippen LogP contribution in [0.5, 0.6) is 17.2 Å². The molecule has 0 amide bonds. The van der Waals surface area contributed by atoms with E-state index >= 15 is 0 Å². The van der Waals surface area contributed by atoms with Crippen LogP contribution in [-0.4, -0.2) is 41.3 Å². The Morgan fingerprint density at radius 1 is 1.11 bits per heavy atom. The van der Waals surface area contributed by atoms with Crippen molar-refractivity contribution in [2.24, 2.45) is 0 Å². The number of hydrogen-bond acceptors (Lipinski definition) is 5. The summed E-state index contributed by atoms with van der Waals surface area (Å²) in [6.07, 6.45) is -4.35. The van der Waals surface area contributed by atoms with Crippen LogP contribution in [0.2, 0.25) is 0 Å². The largest absolute Gasteiger partial charge is 0.504 e. The van der Waals surface area contributed by atoms with Crippen molar-refractivity contribution < 1.29 is 33.2 Å². The van der Waals surface area contributed by atoms with Crippen molar-refractivity contribution in [2.45, 2.75) is 12.7 Å². The van der Waals surface area contributed by atoms with Crippen LogP contribution in [0.4, 0.5) is 13.2 Å². The van der Waals surface area contributed by atoms with Crippen LogP contribution in [-0.2, 0) is 11.3 Å². The molecule has 0 spiro atoms. The number of aromatic hydroxyl groups is 3. The maximum atomic E-state index is 11.7. The summed E-state index contributed by atoms with van der Waals surface area (Å²) in [5.41, 5.74) is 0.311. The first-order valence-electron chi connectivity index (χ1n) is 5.39. The Bertz CT molecular complexity index is 423. The third-order valence-electron chi connectivity index (χ3n) is 2.22. The van der Waals surface area contributed by atoms with Gasteiger partial charge < -0.3 is 25.4 Å². The zero-order valence-electron chi connectivity index (χ0n) is 9.87.